The highest BCUT2D eigenvalue weighted by Crippen LogP contribution is 2.17. The average Bonchev–Trinajstić information content (AvgIpc) is 2.68. The molecule has 0 fully saturated rings. The fraction of sp³-hybridized carbons (Fsp3) is 0.167. The number of nitrogens with zero attached hydrogens (tertiary/aromatic N) is 3. The summed E-state index contributed by atoms with van der Waals surface area (Å²) in [4.78, 5) is 22.1. The summed E-state index contributed by atoms with van der Waals surface area (Å²) in [6, 6.07) is 3.89. The van der Waals surface area contributed by atoms with Crippen molar-refractivity contribution >= 4 is 11.9 Å². The van der Waals surface area contributed by atoms with E-state index in [1.807, 2.05) is 0 Å². The Morgan fingerprint density at radius 1 is 0.947 bits per heavy atom. The number of benzene rings is 1. The van der Waals surface area contributed by atoms with Crippen molar-refractivity contribution in [1.29, 1.82) is 0 Å². The van der Waals surface area contributed by atoms with Gasteiger partial charge in [-0.2, -0.15) is 0 Å². The van der Waals surface area contributed by atoms with Gasteiger partial charge in [0.05, 0.1) is 16.8 Å². The maximum atomic E-state index is 11.0. The molecule has 0 bridgehead atoms. The Morgan fingerprint density at radius 2 is 1.37 bits per heavy atom. The monoisotopic (exact) mass is 261 g/mol. The number of hydrogen-bond acceptors (Lipinski definition) is 4. The first-order valence-electron chi connectivity index (χ1n) is 5.41. The Kier molecular flexibility index (Phi) is 3.04. The Balaban J connectivity index is 2.70. The van der Waals surface area contributed by atoms with E-state index in [1.165, 1.54) is 12.1 Å². The molecular formula is C12H11N3O4. The third kappa shape index (κ3) is 2.30. The average molecular weight is 261 g/mol. The minimum atomic E-state index is -1.19. The van der Waals surface area contributed by atoms with Crippen LogP contribution < -0.4 is 0 Å². The molecule has 19 heavy (non-hydrogen) atoms. The van der Waals surface area contributed by atoms with Crippen molar-refractivity contribution in [1.82, 2.24) is 14.8 Å². The van der Waals surface area contributed by atoms with Gasteiger partial charge in [0, 0.05) is 0 Å². The first kappa shape index (κ1) is 12.7. The number of carboxylic acids is 2. The molecule has 0 aliphatic heterocycles. The maximum Gasteiger partial charge on any atom is 0.335 e. The number of hydrogen-bond donors (Lipinski definition) is 2. The van der Waals surface area contributed by atoms with E-state index in [0.717, 1.165) is 6.07 Å². The number of aryl methyl sites for hydroxylation is 2. The molecule has 0 unspecified atom stereocenters. The van der Waals surface area contributed by atoms with Crippen molar-refractivity contribution in [2.24, 2.45) is 0 Å². The van der Waals surface area contributed by atoms with Crippen molar-refractivity contribution < 1.29 is 19.8 Å². The molecule has 2 rings (SSSR count). The van der Waals surface area contributed by atoms with E-state index in [9.17, 15) is 9.59 Å². The molecule has 0 atom stereocenters. The quantitative estimate of drug-likeness (QED) is 0.862. The minimum absolute atomic E-state index is 0.0950. The number of carbonyl (C=O) groups is 2. The summed E-state index contributed by atoms with van der Waals surface area (Å²) >= 11 is 0. The third-order valence-corrected chi connectivity index (χ3v) is 2.66. The van der Waals surface area contributed by atoms with Crippen LogP contribution in [0.1, 0.15) is 32.4 Å². The highest BCUT2D eigenvalue weighted by molar-refractivity contribution is 5.94. The van der Waals surface area contributed by atoms with Crippen LogP contribution in [-0.4, -0.2) is 36.9 Å². The van der Waals surface area contributed by atoms with Gasteiger partial charge in [-0.05, 0) is 32.0 Å². The van der Waals surface area contributed by atoms with Crippen molar-refractivity contribution in [3.05, 3.63) is 41.0 Å². The maximum absolute atomic E-state index is 11.0. The molecule has 0 aliphatic carbocycles. The van der Waals surface area contributed by atoms with Gasteiger partial charge in [0.1, 0.15) is 11.6 Å². The Morgan fingerprint density at radius 3 is 1.74 bits per heavy atom. The lowest BCUT2D eigenvalue weighted by Gasteiger charge is -2.09. The SMILES string of the molecule is Cc1nnc(C)n1-c1cc(C(=O)O)cc(C(=O)O)c1. The molecule has 98 valence electrons. The summed E-state index contributed by atoms with van der Waals surface area (Å²) in [7, 11) is 0. The standard InChI is InChI=1S/C12H11N3O4/c1-6-13-14-7(2)15(6)10-4-8(11(16)17)3-9(5-10)12(18)19/h3-5H,1-2H3,(H,16,17)(H,18,19). The van der Waals surface area contributed by atoms with Gasteiger partial charge in [0.2, 0.25) is 0 Å². The molecule has 0 aliphatic rings. The minimum Gasteiger partial charge on any atom is -0.478 e. The largest absolute Gasteiger partial charge is 0.478 e. The van der Waals surface area contributed by atoms with Gasteiger partial charge in [-0.25, -0.2) is 9.59 Å². The highest BCUT2D eigenvalue weighted by Gasteiger charge is 2.14. The molecule has 1 aromatic heterocycles. The van der Waals surface area contributed by atoms with Gasteiger partial charge in [-0.1, -0.05) is 0 Å². The molecule has 7 nitrogen and oxygen atoms in total. The molecule has 1 aromatic carbocycles. The summed E-state index contributed by atoms with van der Waals surface area (Å²) < 4.78 is 1.60. The fourth-order valence-electron chi connectivity index (χ4n) is 1.83. The number of aromatic nitrogens is 3. The Hall–Kier alpha value is -2.70. The second-order valence-electron chi connectivity index (χ2n) is 4.01. The Labute approximate surface area is 108 Å². The molecule has 2 aromatic rings. The van der Waals surface area contributed by atoms with E-state index < -0.39 is 11.9 Å². The van der Waals surface area contributed by atoms with E-state index in [-0.39, 0.29) is 11.1 Å². The van der Waals surface area contributed by atoms with E-state index in [1.54, 1.807) is 18.4 Å². The normalized spacial score (nSPS) is 10.4. The molecule has 0 amide bonds. The van der Waals surface area contributed by atoms with Crippen LogP contribution in [0.15, 0.2) is 18.2 Å². The molecule has 0 spiro atoms. The van der Waals surface area contributed by atoms with E-state index >= 15 is 0 Å². The van der Waals surface area contributed by atoms with Crippen LogP contribution in [0.3, 0.4) is 0 Å². The van der Waals surface area contributed by atoms with Crippen LogP contribution in [0.25, 0.3) is 5.69 Å². The second kappa shape index (κ2) is 4.52. The molecule has 7 heteroatoms. The number of rotatable bonds is 3. The van der Waals surface area contributed by atoms with Gasteiger partial charge < -0.3 is 10.2 Å². The Bertz CT molecular complexity index is 624. The molecule has 2 N–H and O–H groups in total. The van der Waals surface area contributed by atoms with Crippen LogP contribution in [0.4, 0.5) is 0 Å². The molecule has 1 heterocycles. The number of aromatic carboxylic acids is 2. The lowest BCUT2D eigenvalue weighted by atomic mass is 10.1. The van der Waals surface area contributed by atoms with E-state index in [2.05, 4.69) is 10.2 Å². The third-order valence-electron chi connectivity index (χ3n) is 2.66. The first-order valence-corrected chi connectivity index (χ1v) is 5.41. The predicted octanol–water partition coefficient (Wildman–Crippen LogP) is 1.28. The topological polar surface area (TPSA) is 105 Å². The van der Waals surface area contributed by atoms with Crippen molar-refractivity contribution in [3.8, 4) is 5.69 Å². The predicted molar refractivity (Wildman–Crippen MR) is 64.8 cm³/mol. The van der Waals surface area contributed by atoms with Crippen molar-refractivity contribution in [3.63, 3.8) is 0 Å². The number of carboxylic acid groups (broad SMARTS) is 2. The zero-order valence-corrected chi connectivity index (χ0v) is 10.3. The van der Waals surface area contributed by atoms with E-state index in [0.29, 0.717) is 17.3 Å². The van der Waals surface area contributed by atoms with Gasteiger partial charge >= 0.3 is 11.9 Å². The van der Waals surface area contributed by atoms with Gasteiger partial charge in [0.25, 0.3) is 0 Å². The zero-order valence-electron chi connectivity index (χ0n) is 10.3. The van der Waals surface area contributed by atoms with Crippen LogP contribution in [0.5, 0.6) is 0 Å². The van der Waals surface area contributed by atoms with Gasteiger partial charge in [-0.3, -0.25) is 4.57 Å². The molecule has 0 saturated heterocycles. The zero-order chi connectivity index (χ0) is 14.2. The van der Waals surface area contributed by atoms with Crippen LogP contribution in [-0.2, 0) is 0 Å². The molecule has 0 radical (unpaired) electrons. The van der Waals surface area contributed by atoms with Crippen molar-refractivity contribution in [2.45, 2.75) is 13.8 Å². The first-order chi connectivity index (χ1) is 8.90. The van der Waals surface area contributed by atoms with Crippen LogP contribution in [0.2, 0.25) is 0 Å². The summed E-state index contributed by atoms with van der Waals surface area (Å²) in [5.41, 5.74) is 0.224. The molecular weight excluding hydrogens is 250 g/mol. The van der Waals surface area contributed by atoms with Crippen molar-refractivity contribution in [2.75, 3.05) is 0 Å². The van der Waals surface area contributed by atoms with E-state index in [4.69, 9.17) is 10.2 Å². The van der Waals surface area contributed by atoms with Crippen LogP contribution in [0, 0.1) is 13.8 Å². The van der Waals surface area contributed by atoms with Crippen LogP contribution >= 0.6 is 0 Å². The fourth-order valence-corrected chi connectivity index (χ4v) is 1.83. The highest BCUT2D eigenvalue weighted by atomic mass is 16.4. The summed E-state index contributed by atoms with van der Waals surface area (Å²) in [6.07, 6.45) is 0. The van der Waals surface area contributed by atoms with Gasteiger partial charge in [-0.15, -0.1) is 10.2 Å². The lowest BCUT2D eigenvalue weighted by Crippen LogP contribution is -2.07. The second-order valence-corrected chi connectivity index (χ2v) is 4.01. The summed E-state index contributed by atoms with van der Waals surface area (Å²) in [6.45, 7) is 3.40. The summed E-state index contributed by atoms with van der Waals surface area (Å²) in [5, 5.41) is 25.8. The molecule has 0 saturated carbocycles. The smallest absolute Gasteiger partial charge is 0.335 e. The lowest BCUT2D eigenvalue weighted by molar-refractivity contribution is 0.0696. The summed E-state index contributed by atoms with van der Waals surface area (Å²) in [5.74, 6) is -1.27. The van der Waals surface area contributed by atoms with Gasteiger partial charge in [0.15, 0.2) is 0 Å².